The Morgan fingerprint density at radius 3 is 2.50 bits per heavy atom. The highest BCUT2D eigenvalue weighted by molar-refractivity contribution is 8.00. The molecule has 2 rings (SSSR count). The van der Waals surface area contributed by atoms with Crippen molar-refractivity contribution in [2.45, 2.75) is 11.8 Å². The van der Waals surface area contributed by atoms with E-state index in [9.17, 15) is 19.7 Å². The van der Waals surface area contributed by atoms with Gasteiger partial charge in [0.1, 0.15) is 0 Å². The maximum Gasteiger partial charge on any atom is 0.316 e. The summed E-state index contributed by atoms with van der Waals surface area (Å²) in [5, 5.41) is 16.2. The van der Waals surface area contributed by atoms with E-state index >= 15 is 0 Å². The normalized spacial score (nSPS) is 10.2. The Hall–Kier alpha value is -3.07. The number of amides is 1. The zero-order chi connectivity index (χ0) is 20.4. The molecule has 0 bridgehead atoms. The number of hydrogen-bond acceptors (Lipinski definition) is 7. The minimum absolute atomic E-state index is 0.0151. The van der Waals surface area contributed by atoms with Crippen LogP contribution in [0, 0.1) is 17.0 Å². The van der Waals surface area contributed by atoms with E-state index in [0.29, 0.717) is 18.8 Å². The van der Waals surface area contributed by atoms with Crippen LogP contribution in [-0.4, -0.2) is 42.2 Å². The van der Waals surface area contributed by atoms with E-state index in [-0.39, 0.29) is 24.0 Å². The Bertz CT molecular complexity index is 827. The summed E-state index contributed by atoms with van der Waals surface area (Å²) >= 11 is 1.37. The van der Waals surface area contributed by atoms with Crippen LogP contribution in [0.1, 0.15) is 5.56 Å². The summed E-state index contributed by atoms with van der Waals surface area (Å²) in [6.45, 7) is 2.39. The second kappa shape index (κ2) is 10.9. The Morgan fingerprint density at radius 2 is 1.82 bits per heavy atom. The molecule has 0 fully saturated rings. The first-order valence-electron chi connectivity index (χ1n) is 8.55. The maximum atomic E-state index is 11.7. The Morgan fingerprint density at radius 1 is 1.11 bits per heavy atom. The molecule has 0 radical (unpaired) electrons. The van der Waals surface area contributed by atoms with Gasteiger partial charge in [-0.25, -0.2) is 0 Å². The summed E-state index contributed by atoms with van der Waals surface area (Å²) < 4.78 is 4.96. The first-order valence-corrected chi connectivity index (χ1v) is 9.53. The number of aryl methyl sites for hydroxylation is 1. The van der Waals surface area contributed by atoms with Gasteiger partial charge in [0.15, 0.2) is 6.61 Å². The highest BCUT2D eigenvalue weighted by Crippen LogP contribution is 2.21. The van der Waals surface area contributed by atoms with Crippen molar-refractivity contribution in [2.75, 3.05) is 30.8 Å². The number of nitrogens with one attached hydrogen (secondary N) is 2. The van der Waals surface area contributed by atoms with Gasteiger partial charge in [0, 0.05) is 35.8 Å². The Labute approximate surface area is 166 Å². The van der Waals surface area contributed by atoms with Crippen LogP contribution >= 0.6 is 11.8 Å². The Balaban J connectivity index is 1.58. The third kappa shape index (κ3) is 7.28. The van der Waals surface area contributed by atoms with Crippen LogP contribution < -0.4 is 10.6 Å². The lowest BCUT2D eigenvalue weighted by molar-refractivity contribution is -0.384. The van der Waals surface area contributed by atoms with Gasteiger partial charge >= 0.3 is 5.97 Å². The number of esters is 1. The number of non-ortho nitro benzene ring substituents is 1. The summed E-state index contributed by atoms with van der Waals surface area (Å²) in [6.07, 6.45) is 0. The molecular weight excluding hydrogens is 382 g/mol. The highest BCUT2D eigenvalue weighted by atomic mass is 32.2. The molecule has 148 valence electrons. The largest absolute Gasteiger partial charge is 0.455 e. The van der Waals surface area contributed by atoms with E-state index < -0.39 is 10.9 Å². The van der Waals surface area contributed by atoms with Gasteiger partial charge in [-0.2, -0.15) is 0 Å². The topological polar surface area (TPSA) is 111 Å². The lowest BCUT2D eigenvalue weighted by Gasteiger charge is -2.09. The molecule has 9 heteroatoms. The lowest BCUT2D eigenvalue weighted by atomic mass is 10.2. The fraction of sp³-hybridized carbons (Fsp3) is 0.263. The van der Waals surface area contributed by atoms with Crippen LogP contribution in [0.5, 0.6) is 0 Å². The quantitative estimate of drug-likeness (QED) is 0.206. The van der Waals surface area contributed by atoms with Crippen molar-refractivity contribution >= 4 is 35.0 Å². The van der Waals surface area contributed by atoms with Crippen LogP contribution in [0.15, 0.2) is 53.4 Å². The van der Waals surface area contributed by atoms with Crippen LogP contribution in [0.25, 0.3) is 0 Å². The standard InChI is InChI=1S/C19H21N3O5S/c1-14-4-2-3-5-17(14)28-13-19(24)27-12-18(23)21-11-10-20-15-6-8-16(9-7-15)22(25)26/h2-9,20H,10-13H2,1H3,(H,21,23). The van der Waals surface area contributed by atoms with Crippen molar-refractivity contribution < 1.29 is 19.2 Å². The molecule has 2 aromatic rings. The van der Waals surface area contributed by atoms with Gasteiger partial charge in [0.2, 0.25) is 0 Å². The second-order valence-electron chi connectivity index (χ2n) is 5.80. The van der Waals surface area contributed by atoms with Gasteiger partial charge in [-0.05, 0) is 30.7 Å². The average Bonchev–Trinajstić information content (AvgIpc) is 2.69. The van der Waals surface area contributed by atoms with E-state index in [1.54, 1.807) is 12.1 Å². The lowest BCUT2D eigenvalue weighted by Crippen LogP contribution is -2.32. The number of nitro groups is 1. The first kappa shape index (κ1) is 21.2. The number of rotatable bonds is 10. The molecule has 0 saturated heterocycles. The highest BCUT2D eigenvalue weighted by Gasteiger charge is 2.09. The van der Waals surface area contributed by atoms with Crippen LogP contribution in [-0.2, 0) is 14.3 Å². The van der Waals surface area contributed by atoms with Crippen molar-refractivity contribution in [1.82, 2.24) is 5.32 Å². The van der Waals surface area contributed by atoms with Gasteiger partial charge in [-0.3, -0.25) is 19.7 Å². The van der Waals surface area contributed by atoms with E-state index in [2.05, 4.69) is 10.6 Å². The zero-order valence-corrected chi connectivity index (χ0v) is 16.2. The number of ether oxygens (including phenoxy) is 1. The number of thioether (sulfide) groups is 1. The smallest absolute Gasteiger partial charge is 0.316 e. The molecule has 28 heavy (non-hydrogen) atoms. The molecule has 0 spiro atoms. The van der Waals surface area contributed by atoms with Crippen molar-refractivity contribution in [3.63, 3.8) is 0 Å². The number of nitrogens with zero attached hydrogens (tertiary/aromatic N) is 1. The minimum Gasteiger partial charge on any atom is -0.455 e. The zero-order valence-electron chi connectivity index (χ0n) is 15.3. The van der Waals surface area contributed by atoms with Gasteiger partial charge in [-0.1, -0.05) is 18.2 Å². The molecule has 2 N–H and O–H groups in total. The van der Waals surface area contributed by atoms with Crippen LogP contribution in [0.2, 0.25) is 0 Å². The molecule has 2 aromatic carbocycles. The summed E-state index contributed by atoms with van der Waals surface area (Å²) in [4.78, 5) is 34.6. The molecule has 8 nitrogen and oxygen atoms in total. The van der Waals surface area contributed by atoms with Gasteiger partial charge in [0.25, 0.3) is 11.6 Å². The second-order valence-corrected chi connectivity index (χ2v) is 6.81. The van der Waals surface area contributed by atoms with E-state index in [4.69, 9.17) is 4.74 Å². The first-order chi connectivity index (χ1) is 13.5. The Kier molecular flexibility index (Phi) is 8.29. The number of nitro benzene ring substituents is 1. The fourth-order valence-corrected chi connectivity index (χ4v) is 3.03. The summed E-state index contributed by atoms with van der Waals surface area (Å²) in [5.74, 6) is -0.702. The molecule has 0 aromatic heterocycles. The molecule has 0 saturated carbocycles. The predicted octanol–water partition coefficient (Wildman–Crippen LogP) is 2.77. The van der Waals surface area contributed by atoms with Gasteiger partial charge < -0.3 is 15.4 Å². The van der Waals surface area contributed by atoms with E-state index in [0.717, 1.165) is 10.5 Å². The average molecular weight is 403 g/mol. The molecule has 1 amide bonds. The SMILES string of the molecule is Cc1ccccc1SCC(=O)OCC(=O)NCCNc1ccc([N+](=O)[O-])cc1. The van der Waals surface area contributed by atoms with Crippen LogP contribution in [0.4, 0.5) is 11.4 Å². The van der Waals surface area contributed by atoms with Crippen molar-refractivity contribution in [1.29, 1.82) is 0 Å². The predicted molar refractivity (Wildman–Crippen MR) is 107 cm³/mol. The van der Waals surface area contributed by atoms with Crippen LogP contribution in [0.3, 0.4) is 0 Å². The maximum absolute atomic E-state index is 11.7. The van der Waals surface area contributed by atoms with Gasteiger partial charge in [-0.15, -0.1) is 11.8 Å². The third-order valence-electron chi connectivity index (χ3n) is 3.66. The summed E-state index contributed by atoms with van der Waals surface area (Å²) in [6, 6.07) is 13.7. The van der Waals surface area contributed by atoms with Crippen molar-refractivity contribution in [2.24, 2.45) is 0 Å². The number of carbonyl (C=O) groups excluding carboxylic acids is 2. The number of hydrogen-bond donors (Lipinski definition) is 2. The minimum atomic E-state index is -0.467. The van der Waals surface area contributed by atoms with E-state index in [1.165, 1.54) is 23.9 Å². The van der Waals surface area contributed by atoms with Crippen molar-refractivity contribution in [3.05, 3.63) is 64.2 Å². The fourth-order valence-electron chi connectivity index (χ4n) is 2.20. The third-order valence-corrected chi connectivity index (χ3v) is 4.81. The number of benzene rings is 2. The monoisotopic (exact) mass is 403 g/mol. The summed E-state index contributed by atoms with van der Waals surface area (Å²) in [7, 11) is 0. The molecule has 0 unspecified atom stereocenters. The number of anilines is 1. The molecule has 0 heterocycles. The number of carbonyl (C=O) groups is 2. The molecule has 0 atom stereocenters. The van der Waals surface area contributed by atoms with E-state index in [1.807, 2.05) is 31.2 Å². The molecule has 0 aliphatic rings. The van der Waals surface area contributed by atoms with Crippen molar-refractivity contribution in [3.8, 4) is 0 Å². The molecule has 0 aliphatic carbocycles. The van der Waals surface area contributed by atoms with Gasteiger partial charge in [0.05, 0.1) is 10.7 Å². The molecule has 0 aliphatic heterocycles. The molecular formula is C19H21N3O5S. The summed E-state index contributed by atoms with van der Waals surface area (Å²) in [5.41, 5.74) is 1.80.